The van der Waals surface area contributed by atoms with Crippen LogP contribution in [0.25, 0.3) is 0 Å². The van der Waals surface area contributed by atoms with Gasteiger partial charge in [-0.15, -0.1) is 11.6 Å². The molecule has 0 bridgehead atoms. The number of nitrogens with one attached hydrogen (secondary N) is 2. The van der Waals surface area contributed by atoms with Crippen LogP contribution in [-0.4, -0.2) is 97.2 Å². The zero-order valence-corrected chi connectivity index (χ0v) is 20.6. The summed E-state index contributed by atoms with van der Waals surface area (Å²) in [6.45, 7) is 6.47. The van der Waals surface area contributed by atoms with Gasteiger partial charge in [-0.25, -0.2) is 9.59 Å². The van der Waals surface area contributed by atoms with E-state index in [4.69, 9.17) is 40.0 Å². The number of hydrogen-bond donors (Lipinski definition) is 2. The molecular formula is C22H41ClN2O8. The second-order valence-electron chi connectivity index (χ2n) is 6.71. The second kappa shape index (κ2) is 26.7. The van der Waals surface area contributed by atoms with Crippen molar-refractivity contribution in [2.75, 3.05) is 85.0 Å². The highest BCUT2D eigenvalue weighted by atomic mass is 35.5. The van der Waals surface area contributed by atoms with Crippen LogP contribution in [0, 0.1) is 0 Å². The van der Waals surface area contributed by atoms with Crippen LogP contribution in [-0.2, 0) is 28.4 Å². The molecule has 0 spiro atoms. The molecule has 0 aromatic heterocycles. The van der Waals surface area contributed by atoms with Gasteiger partial charge in [-0.05, 0) is 19.8 Å². The Morgan fingerprint density at radius 1 is 0.667 bits per heavy atom. The first-order chi connectivity index (χ1) is 16.2. The van der Waals surface area contributed by atoms with Crippen molar-refractivity contribution in [1.29, 1.82) is 0 Å². The fourth-order valence-corrected chi connectivity index (χ4v) is 2.45. The molecule has 0 rings (SSSR count). The summed E-state index contributed by atoms with van der Waals surface area (Å²) in [6, 6.07) is 0. The van der Waals surface area contributed by atoms with Crippen LogP contribution in [0.1, 0.15) is 32.6 Å². The lowest BCUT2D eigenvalue weighted by Gasteiger charge is -2.09. The fraction of sp³-hybridized carbons (Fsp3) is 0.818. The number of halogens is 1. The third-order valence-corrected chi connectivity index (χ3v) is 4.22. The van der Waals surface area contributed by atoms with Crippen molar-refractivity contribution in [1.82, 2.24) is 10.6 Å². The van der Waals surface area contributed by atoms with E-state index in [0.29, 0.717) is 52.7 Å². The Kier molecular flexibility index (Phi) is 25.4. The Labute approximate surface area is 202 Å². The van der Waals surface area contributed by atoms with Crippen LogP contribution in [0.3, 0.4) is 0 Å². The summed E-state index contributed by atoms with van der Waals surface area (Å²) >= 11 is 5.62. The first kappa shape index (κ1) is 31.4. The molecule has 2 N–H and O–H groups in total. The molecule has 194 valence electrons. The number of rotatable bonds is 23. The van der Waals surface area contributed by atoms with Crippen LogP contribution < -0.4 is 10.6 Å². The quantitative estimate of drug-likeness (QED) is 0.126. The molecule has 0 aliphatic carbocycles. The lowest BCUT2D eigenvalue weighted by Crippen LogP contribution is -2.29. The molecule has 0 aromatic carbocycles. The van der Waals surface area contributed by atoms with E-state index < -0.39 is 12.2 Å². The number of unbranched alkanes of at least 4 members (excludes halogenated alkanes) is 3. The van der Waals surface area contributed by atoms with Crippen LogP contribution in [0.15, 0.2) is 12.2 Å². The van der Waals surface area contributed by atoms with Gasteiger partial charge in [0.2, 0.25) is 0 Å². The predicted molar refractivity (Wildman–Crippen MR) is 126 cm³/mol. The molecule has 0 aliphatic rings. The molecular weight excluding hydrogens is 456 g/mol. The first-order valence-corrected chi connectivity index (χ1v) is 12.0. The Bertz CT molecular complexity index is 483. The molecule has 0 saturated heterocycles. The van der Waals surface area contributed by atoms with Crippen LogP contribution >= 0.6 is 11.6 Å². The van der Waals surface area contributed by atoms with E-state index in [0.717, 1.165) is 38.2 Å². The van der Waals surface area contributed by atoms with Gasteiger partial charge in [0.05, 0.1) is 46.2 Å². The molecule has 0 radical (unpaired) electrons. The van der Waals surface area contributed by atoms with Crippen molar-refractivity contribution in [3.8, 4) is 0 Å². The minimum absolute atomic E-state index is 0.144. The smallest absolute Gasteiger partial charge is 0.407 e. The minimum Gasteiger partial charge on any atom is -0.447 e. The minimum atomic E-state index is -0.515. The Hall–Kier alpha value is -1.59. The van der Waals surface area contributed by atoms with Crippen molar-refractivity contribution in [2.45, 2.75) is 32.6 Å². The summed E-state index contributed by atoms with van der Waals surface area (Å²) in [5.41, 5.74) is 0. The third-order valence-electron chi connectivity index (χ3n) is 3.95. The number of ether oxygens (including phenoxy) is 6. The highest BCUT2D eigenvalue weighted by molar-refractivity contribution is 6.17. The van der Waals surface area contributed by atoms with Crippen molar-refractivity contribution >= 4 is 23.8 Å². The summed E-state index contributed by atoms with van der Waals surface area (Å²) in [5.74, 6) is 0.721. The molecule has 10 nitrogen and oxygen atoms in total. The van der Waals surface area contributed by atoms with Crippen molar-refractivity contribution in [3.63, 3.8) is 0 Å². The zero-order chi connectivity index (χ0) is 24.2. The van der Waals surface area contributed by atoms with E-state index in [1.54, 1.807) is 12.2 Å². The molecule has 0 saturated carbocycles. The zero-order valence-electron chi connectivity index (χ0n) is 19.8. The Balaban J connectivity index is 3.22. The molecule has 33 heavy (non-hydrogen) atoms. The average Bonchev–Trinajstić information content (AvgIpc) is 2.81. The van der Waals surface area contributed by atoms with Gasteiger partial charge in [-0.1, -0.05) is 25.0 Å². The van der Waals surface area contributed by atoms with Crippen molar-refractivity contribution < 1.29 is 38.0 Å². The number of alkyl carbamates (subject to hydrolysis) is 2. The molecule has 11 heteroatoms. The maximum atomic E-state index is 11.5. The lowest BCUT2D eigenvalue weighted by molar-refractivity contribution is 0.0276. The lowest BCUT2D eigenvalue weighted by atomic mass is 10.2. The Morgan fingerprint density at radius 3 is 1.79 bits per heavy atom. The maximum Gasteiger partial charge on any atom is 0.407 e. The van der Waals surface area contributed by atoms with E-state index in [1.807, 2.05) is 6.92 Å². The third kappa shape index (κ3) is 26.5. The Morgan fingerprint density at radius 2 is 1.18 bits per heavy atom. The number of allylic oxidation sites excluding steroid dienone is 1. The van der Waals surface area contributed by atoms with Crippen LogP contribution in [0.5, 0.6) is 0 Å². The molecule has 0 aliphatic heterocycles. The summed E-state index contributed by atoms with van der Waals surface area (Å²) in [7, 11) is 0. The van der Waals surface area contributed by atoms with Crippen LogP contribution in [0.2, 0.25) is 0 Å². The van der Waals surface area contributed by atoms with E-state index in [1.165, 1.54) is 0 Å². The van der Waals surface area contributed by atoms with Gasteiger partial charge in [0.25, 0.3) is 0 Å². The number of hydrogen-bond acceptors (Lipinski definition) is 8. The highest BCUT2D eigenvalue weighted by Gasteiger charge is 2.01. The standard InChI is InChI=1S/C22H41ClN2O8/c1-2-3-12-32-21(26)24-9-13-30-17-18-31-19-20-33-22(27)25-10-14-29-16-15-28-11-7-5-4-6-8-23/h2-3H,4-20H2,1H3,(H,24,26)(H,25,27)/b3-2+. The summed E-state index contributed by atoms with van der Waals surface area (Å²) in [4.78, 5) is 22.8. The van der Waals surface area contributed by atoms with Gasteiger partial charge in [-0.3, -0.25) is 0 Å². The fourth-order valence-electron chi connectivity index (χ4n) is 2.26. The predicted octanol–water partition coefficient (Wildman–Crippen LogP) is 2.88. The van der Waals surface area contributed by atoms with Gasteiger partial charge in [0.1, 0.15) is 13.2 Å². The monoisotopic (exact) mass is 496 g/mol. The largest absolute Gasteiger partial charge is 0.447 e. The molecule has 0 heterocycles. The summed E-state index contributed by atoms with van der Waals surface area (Å²) < 4.78 is 31.3. The maximum absolute atomic E-state index is 11.5. The van der Waals surface area contributed by atoms with Gasteiger partial charge in [-0.2, -0.15) is 0 Å². The van der Waals surface area contributed by atoms with Gasteiger partial charge in [0.15, 0.2) is 0 Å². The number of alkyl halides is 1. The number of carbonyl (C=O) groups is 2. The van der Waals surface area contributed by atoms with Crippen molar-refractivity contribution in [2.24, 2.45) is 0 Å². The van der Waals surface area contributed by atoms with E-state index in [-0.39, 0.29) is 19.8 Å². The average molecular weight is 497 g/mol. The van der Waals surface area contributed by atoms with E-state index >= 15 is 0 Å². The SMILES string of the molecule is C/C=C/COC(=O)NCCOCCOCCOC(=O)NCCOCCOCCCCCCCl. The first-order valence-electron chi connectivity index (χ1n) is 11.5. The van der Waals surface area contributed by atoms with Crippen molar-refractivity contribution in [3.05, 3.63) is 12.2 Å². The molecule has 2 amide bonds. The second-order valence-corrected chi connectivity index (χ2v) is 7.09. The van der Waals surface area contributed by atoms with Gasteiger partial charge >= 0.3 is 12.2 Å². The van der Waals surface area contributed by atoms with Gasteiger partial charge in [0, 0.05) is 25.6 Å². The molecule has 0 fully saturated rings. The van der Waals surface area contributed by atoms with Gasteiger partial charge < -0.3 is 39.1 Å². The highest BCUT2D eigenvalue weighted by Crippen LogP contribution is 2.01. The molecule has 0 aromatic rings. The number of carbonyl (C=O) groups excluding carboxylic acids is 2. The molecule has 0 atom stereocenters. The van der Waals surface area contributed by atoms with E-state index in [2.05, 4.69) is 10.6 Å². The summed E-state index contributed by atoms with van der Waals surface area (Å²) in [5, 5.41) is 5.16. The molecule has 0 unspecified atom stereocenters. The summed E-state index contributed by atoms with van der Waals surface area (Å²) in [6.07, 6.45) is 6.91. The topological polar surface area (TPSA) is 114 Å². The van der Waals surface area contributed by atoms with Crippen LogP contribution in [0.4, 0.5) is 9.59 Å². The normalized spacial score (nSPS) is 11.0. The van der Waals surface area contributed by atoms with E-state index in [9.17, 15) is 9.59 Å². The number of amides is 2.